The van der Waals surface area contributed by atoms with Crippen molar-refractivity contribution < 1.29 is 5.11 Å². The SMILES string of the molecule is CC(O)CSc1nnc2ccccn12. The normalized spacial score (nSPS) is 13.3. The van der Waals surface area contributed by atoms with Gasteiger partial charge in [0.15, 0.2) is 10.8 Å². The second-order valence-corrected chi connectivity index (χ2v) is 4.06. The first kappa shape index (κ1) is 9.48. The lowest BCUT2D eigenvalue weighted by Crippen LogP contribution is -2.03. The number of aliphatic hydroxyl groups excluding tert-OH is 1. The van der Waals surface area contributed by atoms with Crippen LogP contribution in [0.2, 0.25) is 0 Å². The van der Waals surface area contributed by atoms with Crippen molar-refractivity contribution in [3.8, 4) is 0 Å². The third-order valence-electron chi connectivity index (χ3n) is 1.74. The van der Waals surface area contributed by atoms with E-state index in [1.54, 1.807) is 6.92 Å². The monoisotopic (exact) mass is 209 g/mol. The maximum atomic E-state index is 9.14. The molecule has 2 rings (SSSR count). The Kier molecular flexibility index (Phi) is 2.69. The molecule has 0 amide bonds. The molecule has 0 saturated carbocycles. The fourth-order valence-corrected chi connectivity index (χ4v) is 1.90. The maximum absolute atomic E-state index is 9.14. The number of pyridine rings is 1. The van der Waals surface area contributed by atoms with Gasteiger partial charge in [-0.05, 0) is 19.1 Å². The Hall–Kier alpha value is -1.07. The molecule has 2 aromatic heterocycles. The van der Waals surface area contributed by atoms with E-state index in [-0.39, 0.29) is 6.10 Å². The molecular weight excluding hydrogens is 198 g/mol. The van der Waals surface area contributed by atoms with Crippen LogP contribution in [0.1, 0.15) is 6.92 Å². The van der Waals surface area contributed by atoms with Gasteiger partial charge >= 0.3 is 0 Å². The predicted molar refractivity (Wildman–Crippen MR) is 55.4 cm³/mol. The lowest BCUT2D eigenvalue weighted by atomic mass is 10.5. The van der Waals surface area contributed by atoms with Crippen LogP contribution in [-0.4, -0.2) is 31.6 Å². The first-order valence-corrected chi connectivity index (χ1v) is 5.36. The Morgan fingerprint density at radius 1 is 1.50 bits per heavy atom. The van der Waals surface area contributed by atoms with Gasteiger partial charge in [-0.3, -0.25) is 4.40 Å². The highest BCUT2D eigenvalue weighted by Gasteiger charge is 2.05. The largest absolute Gasteiger partial charge is 0.393 e. The Morgan fingerprint density at radius 2 is 2.36 bits per heavy atom. The molecule has 1 N–H and O–H groups in total. The van der Waals surface area contributed by atoms with Crippen LogP contribution in [0.25, 0.3) is 5.65 Å². The summed E-state index contributed by atoms with van der Waals surface area (Å²) in [6.45, 7) is 1.76. The molecule has 14 heavy (non-hydrogen) atoms. The van der Waals surface area contributed by atoms with Crippen molar-refractivity contribution in [2.45, 2.75) is 18.2 Å². The molecule has 0 spiro atoms. The van der Waals surface area contributed by atoms with Crippen LogP contribution in [0, 0.1) is 0 Å². The van der Waals surface area contributed by atoms with E-state index in [4.69, 9.17) is 5.11 Å². The van der Waals surface area contributed by atoms with E-state index in [1.807, 2.05) is 28.8 Å². The van der Waals surface area contributed by atoms with Gasteiger partial charge in [0.25, 0.3) is 0 Å². The molecule has 0 saturated heterocycles. The van der Waals surface area contributed by atoms with Gasteiger partial charge in [-0.2, -0.15) is 0 Å². The Balaban J connectivity index is 2.25. The van der Waals surface area contributed by atoms with Crippen molar-refractivity contribution >= 4 is 17.4 Å². The minimum Gasteiger partial charge on any atom is -0.393 e. The molecule has 0 bridgehead atoms. The molecule has 1 unspecified atom stereocenters. The standard InChI is InChI=1S/C9H11N3OS/c1-7(13)6-14-9-11-10-8-4-2-3-5-12(8)9/h2-5,7,13H,6H2,1H3. The van der Waals surface area contributed by atoms with Crippen LogP contribution in [-0.2, 0) is 0 Å². The van der Waals surface area contributed by atoms with E-state index in [9.17, 15) is 0 Å². The molecule has 0 aliphatic rings. The van der Waals surface area contributed by atoms with Gasteiger partial charge in [-0.25, -0.2) is 0 Å². The summed E-state index contributed by atoms with van der Waals surface area (Å²) in [4.78, 5) is 0. The number of fused-ring (bicyclic) bond motifs is 1. The van der Waals surface area contributed by atoms with E-state index >= 15 is 0 Å². The van der Waals surface area contributed by atoms with Crippen LogP contribution in [0.3, 0.4) is 0 Å². The Morgan fingerprint density at radius 3 is 3.14 bits per heavy atom. The number of aromatic nitrogens is 3. The van der Waals surface area contributed by atoms with E-state index in [1.165, 1.54) is 11.8 Å². The molecule has 74 valence electrons. The molecule has 0 aromatic carbocycles. The number of thioether (sulfide) groups is 1. The lowest BCUT2D eigenvalue weighted by Gasteiger charge is -2.01. The second-order valence-electron chi connectivity index (χ2n) is 3.07. The van der Waals surface area contributed by atoms with Crippen molar-refractivity contribution in [2.75, 3.05) is 5.75 Å². The average molecular weight is 209 g/mol. The Bertz CT molecular complexity index is 427. The summed E-state index contributed by atoms with van der Waals surface area (Å²) in [6.07, 6.45) is 1.59. The molecular formula is C9H11N3OS. The zero-order chi connectivity index (χ0) is 9.97. The summed E-state index contributed by atoms with van der Waals surface area (Å²) in [6, 6.07) is 5.76. The van der Waals surface area contributed by atoms with E-state index in [0.717, 1.165) is 10.8 Å². The van der Waals surface area contributed by atoms with E-state index in [2.05, 4.69) is 10.2 Å². The van der Waals surface area contributed by atoms with Gasteiger partial charge in [0.1, 0.15) is 0 Å². The fourth-order valence-electron chi connectivity index (χ4n) is 1.11. The zero-order valence-corrected chi connectivity index (χ0v) is 8.61. The van der Waals surface area contributed by atoms with E-state index < -0.39 is 0 Å². The first-order chi connectivity index (χ1) is 6.77. The highest BCUT2D eigenvalue weighted by Crippen LogP contribution is 2.17. The molecule has 0 aliphatic carbocycles. The van der Waals surface area contributed by atoms with Crippen molar-refractivity contribution in [3.05, 3.63) is 24.4 Å². The summed E-state index contributed by atoms with van der Waals surface area (Å²) in [5.74, 6) is 0.635. The number of aliphatic hydroxyl groups is 1. The molecule has 4 nitrogen and oxygen atoms in total. The summed E-state index contributed by atoms with van der Waals surface area (Å²) in [7, 11) is 0. The lowest BCUT2D eigenvalue weighted by molar-refractivity contribution is 0.220. The van der Waals surface area contributed by atoms with Crippen LogP contribution in [0.15, 0.2) is 29.6 Å². The average Bonchev–Trinajstić information content (AvgIpc) is 2.58. The molecule has 0 aliphatic heterocycles. The quantitative estimate of drug-likeness (QED) is 0.772. The Labute approximate surface area is 86.0 Å². The van der Waals surface area contributed by atoms with Crippen molar-refractivity contribution in [1.29, 1.82) is 0 Å². The van der Waals surface area contributed by atoms with Gasteiger partial charge in [-0.1, -0.05) is 17.8 Å². The van der Waals surface area contributed by atoms with Gasteiger partial charge in [0.2, 0.25) is 0 Å². The van der Waals surface area contributed by atoms with Crippen LogP contribution in [0.4, 0.5) is 0 Å². The summed E-state index contributed by atoms with van der Waals surface area (Å²) in [5.41, 5.74) is 0.834. The summed E-state index contributed by atoms with van der Waals surface area (Å²) in [5, 5.41) is 18.0. The first-order valence-electron chi connectivity index (χ1n) is 4.38. The molecule has 0 radical (unpaired) electrons. The molecule has 2 aromatic rings. The minimum atomic E-state index is -0.323. The number of hydrogen-bond acceptors (Lipinski definition) is 4. The highest BCUT2D eigenvalue weighted by atomic mass is 32.2. The highest BCUT2D eigenvalue weighted by molar-refractivity contribution is 7.99. The maximum Gasteiger partial charge on any atom is 0.195 e. The summed E-state index contributed by atoms with van der Waals surface area (Å²) >= 11 is 1.50. The molecule has 0 fully saturated rings. The predicted octanol–water partition coefficient (Wildman–Crippen LogP) is 1.20. The van der Waals surface area contributed by atoms with E-state index in [0.29, 0.717) is 5.75 Å². The minimum absolute atomic E-state index is 0.323. The fraction of sp³-hybridized carbons (Fsp3) is 0.333. The zero-order valence-electron chi connectivity index (χ0n) is 7.79. The van der Waals surface area contributed by atoms with Crippen LogP contribution >= 0.6 is 11.8 Å². The number of hydrogen-bond donors (Lipinski definition) is 1. The van der Waals surface area contributed by atoms with Gasteiger partial charge in [-0.15, -0.1) is 10.2 Å². The third-order valence-corrected chi connectivity index (χ3v) is 2.92. The molecule has 1 atom stereocenters. The molecule has 2 heterocycles. The van der Waals surface area contributed by atoms with Crippen LogP contribution < -0.4 is 0 Å². The van der Waals surface area contributed by atoms with Gasteiger partial charge in [0, 0.05) is 11.9 Å². The third kappa shape index (κ3) is 1.88. The smallest absolute Gasteiger partial charge is 0.195 e. The second kappa shape index (κ2) is 3.98. The van der Waals surface area contributed by atoms with Crippen LogP contribution in [0.5, 0.6) is 0 Å². The van der Waals surface area contributed by atoms with Crippen molar-refractivity contribution in [1.82, 2.24) is 14.6 Å². The van der Waals surface area contributed by atoms with Crippen molar-refractivity contribution in [3.63, 3.8) is 0 Å². The topological polar surface area (TPSA) is 50.4 Å². The summed E-state index contributed by atoms with van der Waals surface area (Å²) < 4.78 is 1.91. The van der Waals surface area contributed by atoms with Crippen molar-refractivity contribution in [2.24, 2.45) is 0 Å². The molecule has 5 heteroatoms. The van der Waals surface area contributed by atoms with Gasteiger partial charge in [0.05, 0.1) is 6.10 Å². The number of nitrogens with zero attached hydrogens (tertiary/aromatic N) is 3. The van der Waals surface area contributed by atoms with Gasteiger partial charge < -0.3 is 5.11 Å². The number of rotatable bonds is 3.